The van der Waals surface area contributed by atoms with E-state index in [0.717, 1.165) is 24.3 Å². The highest BCUT2D eigenvalue weighted by Gasteiger charge is 2.51. The third-order valence-electron chi connectivity index (χ3n) is 6.12. The summed E-state index contributed by atoms with van der Waals surface area (Å²) >= 11 is 17.5. The predicted molar refractivity (Wildman–Crippen MR) is 130 cm³/mol. The Kier molecular flexibility index (Phi) is 8.80. The predicted octanol–water partition coefficient (Wildman–Crippen LogP) is 8.64. The molecule has 0 radical (unpaired) electrons. The lowest BCUT2D eigenvalue weighted by molar-refractivity contribution is -0.141. The minimum absolute atomic E-state index is 0.0695. The van der Waals surface area contributed by atoms with Gasteiger partial charge in [0.15, 0.2) is 5.78 Å². The number of hydrogen-bond acceptors (Lipinski definition) is 2. The molecule has 0 spiro atoms. The van der Waals surface area contributed by atoms with Gasteiger partial charge in [-0.3, -0.25) is 9.59 Å². The highest BCUT2D eigenvalue weighted by atomic mass is 35.5. The zero-order valence-corrected chi connectivity index (χ0v) is 21.7. The van der Waals surface area contributed by atoms with Gasteiger partial charge >= 0.3 is 12.4 Å². The second kappa shape index (κ2) is 11.1. The Morgan fingerprint density at radius 2 is 1.61 bits per heavy atom. The van der Waals surface area contributed by atoms with Crippen LogP contribution in [0.15, 0.2) is 36.4 Å². The van der Waals surface area contributed by atoms with Crippen molar-refractivity contribution in [2.45, 2.75) is 44.5 Å². The SMILES string of the molecule is Cc1cc(/C(F)=C/C(c2cc(Cl)c(Cl)c(Cl)c2)C(F)(F)F)ccc1C(=O)CC1(C(=O)NCC(F)(F)F)CC1. The molecule has 0 aliphatic heterocycles. The van der Waals surface area contributed by atoms with Crippen LogP contribution in [0.1, 0.15) is 52.2 Å². The van der Waals surface area contributed by atoms with E-state index in [9.17, 15) is 35.9 Å². The minimum Gasteiger partial charge on any atom is -0.346 e. The molecule has 0 saturated heterocycles. The van der Waals surface area contributed by atoms with Crippen LogP contribution in [0.5, 0.6) is 0 Å². The lowest BCUT2D eigenvalue weighted by atomic mass is 9.91. The van der Waals surface area contributed by atoms with Crippen LogP contribution in [0, 0.1) is 12.3 Å². The Balaban J connectivity index is 1.82. The number of nitrogens with one attached hydrogen (secondary N) is 1. The van der Waals surface area contributed by atoms with Crippen molar-refractivity contribution in [3.63, 3.8) is 0 Å². The molecule has 1 unspecified atom stereocenters. The first-order valence-corrected chi connectivity index (χ1v) is 12.1. The smallest absolute Gasteiger partial charge is 0.346 e. The number of carbonyl (C=O) groups is 2. The van der Waals surface area contributed by atoms with Crippen LogP contribution >= 0.6 is 34.8 Å². The van der Waals surface area contributed by atoms with Crippen molar-refractivity contribution >= 4 is 52.3 Å². The lowest BCUT2D eigenvalue weighted by Gasteiger charge is -2.19. The van der Waals surface area contributed by atoms with Gasteiger partial charge in [-0.1, -0.05) is 46.9 Å². The third-order valence-corrected chi connectivity index (χ3v) is 7.31. The second-order valence-corrected chi connectivity index (χ2v) is 10.2. The van der Waals surface area contributed by atoms with Gasteiger partial charge in [0.2, 0.25) is 5.91 Å². The van der Waals surface area contributed by atoms with Crippen molar-refractivity contribution in [3.8, 4) is 0 Å². The second-order valence-electron chi connectivity index (χ2n) is 9.04. The normalized spacial score (nSPS) is 16.2. The van der Waals surface area contributed by atoms with Crippen molar-refractivity contribution in [2.75, 3.05) is 6.54 Å². The number of amides is 1. The van der Waals surface area contributed by atoms with Crippen molar-refractivity contribution in [1.29, 1.82) is 0 Å². The molecule has 0 heterocycles. The largest absolute Gasteiger partial charge is 0.405 e. The molecule has 2 aromatic rings. The molecule has 1 aliphatic rings. The first kappa shape index (κ1) is 30.2. The average molecular weight is 605 g/mol. The van der Waals surface area contributed by atoms with Crippen LogP contribution in [0.25, 0.3) is 5.83 Å². The number of rotatable bonds is 8. The summed E-state index contributed by atoms with van der Waals surface area (Å²) in [4.78, 5) is 25.0. The molecule has 206 valence electrons. The van der Waals surface area contributed by atoms with E-state index in [1.54, 1.807) is 5.32 Å². The van der Waals surface area contributed by atoms with Gasteiger partial charge in [-0.05, 0) is 55.2 Å². The zero-order chi connectivity index (χ0) is 28.6. The number of carbonyl (C=O) groups excluding carboxylic acids is 2. The standard InChI is InChI=1S/C25H19Cl3F7NO2/c1-12-6-13(19(29)9-16(25(33,34)35)14-7-17(26)21(28)18(27)8-14)2-3-15(12)20(37)10-23(4-5-23)22(38)36-11-24(30,31)32/h2-3,6-9,16H,4-5,10-11H2,1H3,(H,36,38)/b19-9-. The van der Waals surface area contributed by atoms with Crippen LogP contribution < -0.4 is 5.32 Å². The summed E-state index contributed by atoms with van der Waals surface area (Å²) in [6.07, 6.45) is -9.06. The molecule has 1 saturated carbocycles. The molecule has 2 aromatic carbocycles. The fourth-order valence-electron chi connectivity index (χ4n) is 3.91. The van der Waals surface area contributed by atoms with Crippen molar-refractivity contribution < 1.29 is 40.3 Å². The molecule has 0 aromatic heterocycles. The summed E-state index contributed by atoms with van der Waals surface area (Å²) < 4.78 is 93.5. The minimum atomic E-state index is -4.91. The maximum atomic E-state index is 15.0. The van der Waals surface area contributed by atoms with Gasteiger partial charge < -0.3 is 5.32 Å². The van der Waals surface area contributed by atoms with Gasteiger partial charge in [0.25, 0.3) is 0 Å². The molecule has 1 N–H and O–H groups in total. The molecule has 0 bridgehead atoms. The molecular weight excluding hydrogens is 586 g/mol. The number of halogens is 10. The maximum Gasteiger partial charge on any atom is 0.405 e. The summed E-state index contributed by atoms with van der Waals surface area (Å²) in [6, 6.07) is 5.33. The summed E-state index contributed by atoms with van der Waals surface area (Å²) in [5, 5.41) is 1.16. The Morgan fingerprint density at radius 3 is 2.08 bits per heavy atom. The number of ketones is 1. The molecular formula is C25H19Cl3F7NO2. The van der Waals surface area contributed by atoms with Gasteiger partial charge in [-0.2, -0.15) is 26.3 Å². The molecule has 1 fully saturated rings. The number of allylic oxidation sites excluding steroid dienone is 1. The van der Waals surface area contributed by atoms with Crippen LogP contribution in [-0.2, 0) is 4.79 Å². The molecule has 38 heavy (non-hydrogen) atoms. The lowest BCUT2D eigenvalue weighted by Crippen LogP contribution is -2.39. The summed E-state index contributed by atoms with van der Waals surface area (Å²) in [6.45, 7) is -0.0955. The Hall–Kier alpha value is -2.30. The molecule has 13 heteroatoms. The van der Waals surface area contributed by atoms with Crippen LogP contribution in [0.2, 0.25) is 15.1 Å². The molecule has 1 aliphatic carbocycles. The third kappa shape index (κ3) is 7.21. The highest BCUT2D eigenvalue weighted by molar-refractivity contribution is 6.48. The molecule has 3 nitrogen and oxygen atoms in total. The van der Waals surface area contributed by atoms with Gasteiger partial charge in [-0.15, -0.1) is 0 Å². The van der Waals surface area contributed by atoms with Gasteiger partial charge in [-0.25, -0.2) is 4.39 Å². The van der Waals surface area contributed by atoms with Gasteiger partial charge in [0.05, 0.1) is 20.5 Å². The number of benzene rings is 2. The van der Waals surface area contributed by atoms with E-state index in [1.165, 1.54) is 13.0 Å². The van der Waals surface area contributed by atoms with Gasteiger partial charge in [0, 0.05) is 17.5 Å². The Labute approximate surface area is 227 Å². The van der Waals surface area contributed by atoms with E-state index in [4.69, 9.17) is 34.8 Å². The van der Waals surface area contributed by atoms with E-state index in [0.29, 0.717) is 6.08 Å². The van der Waals surface area contributed by atoms with E-state index in [-0.39, 0.29) is 51.0 Å². The monoisotopic (exact) mass is 603 g/mol. The van der Waals surface area contributed by atoms with Crippen molar-refractivity contribution in [3.05, 3.63) is 73.7 Å². The van der Waals surface area contributed by atoms with Gasteiger partial charge in [0.1, 0.15) is 18.3 Å². The van der Waals surface area contributed by atoms with Crippen LogP contribution in [-0.4, -0.2) is 30.6 Å². The fraction of sp³-hybridized carbons (Fsp3) is 0.360. The Bertz CT molecular complexity index is 1260. The highest BCUT2D eigenvalue weighted by Crippen LogP contribution is 2.50. The molecule has 1 amide bonds. The fourth-order valence-corrected chi connectivity index (χ4v) is 4.52. The number of aryl methyl sites for hydroxylation is 1. The number of Topliss-reactive ketones (excluding diaryl/α,β-unsaturated/α-hetero) is 1. The summed E-state index contributed by atoms with van der Waals surface area (Å²) in [7, 11) is 0. The van der Waals surface area contributed by atoms with E-state index in [1.807, 2.05) is 0 Å². The quantitative estimate of drug-likeness (QED) is 0.186. The van der Waals surface area contributed by atoms with E-state index in [2.05, 4.69) is 0 Å². The summed E-state index contributed by atoms with van der Waals surface area (Å²) in [5.74, 6) is -5.09. The van der Waals surface area contributed by atoms with Crippen molar-refractivity contribution in [1.82, 2.24) is 5.32 Å². The Morgan fingerprint density at radius 1 is 1.03 bits per heavy atom. The molecule has 3 rings (SSSR count). The average Bonchev–Trinajstić information content (AvgIpc) is 3.58. The van der Waals surface area contributed by atoms with E-state index < -0.39 is 53.3 Å². The van der Waals surface area contributed by atoms with Crippen LogP contribution in [0.4, 0.5) is 30.7 Å². The summed E-state index contributed by atoms with van der Waals surface area (Å²) in [5.41, 5.74) is -1.65. The first-order chi connectivity index (χ1) is 17.4. The number of alkyl halides is 6. The van der Waals surface area contributed by atoms with Crippen molar-refractivity contribution in [2.24, 2.45) is 5.41 Å². The topological polar surface area (TPSA) is 46.2 Å². The first-order valence-electron chi connectivity index (χ1n) is 11.0. The molecule has 1 atom stereocenters. The maximum absolute atomic E-state index is 15.0. The van der Waals surface area contributed by atoms with Crippen LogP contribution in [0.3, 0.4) is 0 Å². The number of hydrogen-bond donors (Lipinski definition) is 1. The zero-order valence-electron chi connectivity index (χ0n) is 19.5. The van der Waals surface area contributed by atoms with E-state index >= 15 is 4.39 Å².